The molecule has 1 aromatic heterocycles. The van der Waals surface area contributed by atoms with Crippen LogP contribution >= 0.6 is 15.9 Å². The Balaban J connectivity index is 1.98. The van der Waals surface area contributed by atoms with Crippen LogP contribution in [-0.2, 0) is 6.54 Å². The molecule has 1 N–H and O–H groups in total. The summed E-state index contributed by atoms with van der Waals surface area (Å²) in [6.07, 6.45) is 2.08. The van der Waals surface area contributed by atoms with Gasteiger partial charge in [-0.3, -0.25) is 0 Å². The van der Waals surface area contributed by atoms with Crippen molar-refractivity contribution in [3.05, 3.63) is 58.3 Å². The molecule has 2 amide bonds. The number of urea groups is 1. The molecule has 122 valence electrons. The fraction of sp³-hybridized carbons (Fsp3) is 0.389. The zero-order valence-corrected chi connectivity index (χ0v) is 15.3. The zero-order chi connectivity index (χ0) is 16.6. The first kappa shape index (κ1) is 16.1. The first-order valence-corrected chi connectivity index (χ1v) is 8.64. The standard InChI is InChI=1S/C18H22BrN3O/c1-18(2,3)20-17(23)22-12-11-21-10-4-5-15(21)16(22)13-6-8-14(19)9-7-13/h4-10,16H,11-12H2,1-3H3,(H,20,23)/t16-/m0/s1. The van der Waals surface area contributed by atoms with Crippen LogP contribution in [0.5, 0.6) is 0 Å². The molecule has 1 aliphatic rings. The van der Waals surface area contributed by atoms with Crippen LogP contribution in [0.4, 0.5) is 4.79 Å². The van der Waals surface area contributed by atoms with E-state index in [-0.39, 0.29) is 17.6 Å². The molecule has 1 aliphatic heterocycles. The highest BCUT2D eigenvalue weighted by molar-refractivity contribution is 9.10. The second-order valence-electron chi connectivity index (χ2n) is 6.95. The van der Waals surface area contributed by atoms with Crippen LogP contribution in [-0.4, -0.2) is 27.6 Å². The molecule has 1 atom stereocenters. The summed E-state index contributed by atoms with van der Waals surface area (Å²) in [7, 11) is 0. The van der Waals surface area contributed by atoms with Crippen LogP contribution in [0.2, 0.25) is 0 Å². The van der Waals surface area contributed by atoms with Gasteiger partial charge in [-0.2, -0.15) is 0 Å². The summed E-state index contributed by atoms with van der Waals surface area (Å²) >= 11 is 3.48. The number of carbonyl (C=O) groups excluding carboxylic acids is 1. The van der Waals surface area contributed by atoms with E-state index in [0.29, 0.717) is 6.54 Å². The molecular formula is C18H22BrN3O. The lowest BCUT2D eigenvalue weighted by atomic mass is 10.00. The quantitative estimate of drug-likeness (QED) is 0.797. The zero-order valence-electron chi connectivity index (χ0n) is 13.7. The third-order valence-electron chi connectivity index (χ3n) is 3.97. The Labute approximate surface area is 145 Å². The van der Waals surface area contributed by atoms with Crippen LogP contribution in [0.3, 0.4) is 0 Å². The summed E-state index contributed by atoms with van der Waals surface area (Å²) in [4.78, 5) is 14.7. The maximum atomic E-state index is 12.8. The van der Waals surface area contributed by atoms with Crippen molar-refractivity contribution in [2.24, 2.45) is 0 Å². The van der Waals surface area contributed by atoms with E-state index in [1.54, 1.807) is 0 Å². The molecule has 0 saturated carbocycles. The maximum Gasteiger partial charge on any atom is 0.318 e. The van der Waals surface area contributed by atoms with E-state index < -0.39 is 0 Å². The second kappa shape index (κ2) is 6.04. The molecule has 4 nitrogen and oxygen atoms in total. The maximum absolute atomic E-state index is 12.8. The van der Waals surface area contributed by atoms with E-state index in [1.165, 1.54) is 0 Å². The molecule has 1 aromatic carbocycles. The van der Waals surface area contributed by atoms with Gasteiger partial charge in [0, 0.05) is 35.0 Å². The molecule has 0 bridgehead atoms. The van der Waals surface area contributed by atoms with Gasteiger partial charge in [0.2, 0.25) is 0 Å². The average Bonchev–Trinajstić information content (AvgIpc) is 2.93. The van der Waals surface area contributed by atoms with Gasteiger partial charge in [-0.1, -0.05) is 28.1 Å². The van der Waals surface area contributed by atoms with Gasteiger partial charge in [-0.15, -0.1) is 0 Å². The predicted octanol–water partition coefficient (Wildman–Crippen LogP) is 4.16. The summed E-state index contributed by atoms with van der Waals surface area (Å²) < 4.78 is 3.27. The van der Waals surface area contributed by atoms with Crippen molar-refractivity contribution >= 4 is 22.0 Å². The third kappa shape index (κ3) is 3.44. The molecule has 0 unspecified atom stereocenters. The molecule has 2 heterocycles. The molecule has 23 heavy (non-hydrogen) atoms. The van der Waals surface area contributed by atoms with Crippen molar-refractivity contribution < 1.29 is 4.79 Å². The van der Waals surface area contributed by atoms with Crippen molar-refractivity contribution in [2.45, 2.75) is 38.9 Å². The number of fused-ring (bicyclic) bond motifs is 1. The highest BCUT2D eigenvalue weighted by Crippen LogP contribution is 2.33. The van der Waals surface area contributed by atoms with Crippen molar-refractivity contribution in [1.82, 2.24) is 14.8 Å². The van der Waals surface area contributed by atoms with Gasteiger partial charge in [0.1, 0.15) is 0 Å². The lowest BCUT2D eigenvalue weighted by molar-refractivity contribution is 0.161. The van der Waals surface area contributed by atoms with Crippen LogP contribution < -0.4 is 5.32 Å². The van der Waals surface area contributed by atoms with Crippen molar-refractivity contribution in [2.75, 3.05) is 6.54 Å². The van der Waals surface area contributed by atoms with Crippen LogP contribution in [0.15, 0.2) is 47.1 Å². The third-order valence-corrected chi connectivity index (χ3v) is 4.50. The average molecular weight is 376 g/mol. The second-order valence-corrected chi connectivity index (χ2v) is 7.87. The van der Waals surface area contributed by atoms with E-state index in [1.807, 2.05) is 43.9 Å². The first-order chi connectivity index (χ1) is 10.8. The van der Waals surface area contributed by atoms with Gasteiger partial charge in [0.15, 0.2) is 0 Å². The fourth-order valence-corrected chi connectivity index (χ4v) is 3.25. The molecular weight excluding hydrogens is 354 g/mol. The van der Waals surface area contributed by atoms with Gasteiger partial charge in [-0.05, 0) is 50.6 Å². The Morgan fingerprint density at radius 2 is 1.87 bits per heavy atom. The number of aromatic nitrogens is 1. The fourth-order valence-electron chi connectivity index (χ4n) is 2.99. The normalized spacial score (nSPS) is 17.7. The van der Waals surface area contributed by atoms with E-state index in [9.17, 15) is 4.79 Å². The molecule has 0 fully saturated rings. The number of amides is 2. The first-order valence-electron chi connectivity index (χ1n) is 7.84. The molecule has 3 rings (SSSR count). The number of benzene rings is 1. The van der Waals surface area contributed by atoms with Gasteiger partial charge in [-0.25, -0.2) is 4.79 Å². The number of carbonyl (C=O) groups is 1. The molecule has 5 heteroatoms. The summed E-state index contributed by atoms with van der Waals surface area (Å²) in [6.45, 7) is 7.54. The molecule has 0 radical (unpaired) electrons. The lowest BCUT2D eigenvalue weighted by Gasteiger charge is -2.39. The van der Waals surface area contributed by atoms with E-state index >= 15 is 0 Å². The van der Waals surface area contributed by atoms with Crippen LogP contribution in [0, 0.1) is 0 Å². The summed E-state index contributed by atoms with van der Waals surface area (Å²) in [5.41, 5.74) is 2.03. The van der Waals surface area contributed by atoms with E-state index in [2.05, 4.69) is 50.2 Å². The molecule has 2 aromatic rings. The lowest BCUT2D eigenvalue weighted by Crippen LogP contribution is -2.52. The minimum atomic E-state index is -0.249. The van der Waals surface area contributed by atoms with Gasteiger partial charge in [0.25, 0.3) is 0 Å². The van der Waals surface area contributed by atoms with Gasteiger partial charge in [0.05, 0.1) is 6.04 Å². The summed E-state index contributed by atoms with van der Waals surface area (Å²) in [5, 5.41) is 3.09. The number of hydrogen-bond acceptors (Lipinski definition) is 1. The smallest absolute Gasteiger partial charge is 0.318 e. The van der Waals surface area contributed by atoms with Gasteiger partial charge < -0.3 is 14.8 Å². The number of rotatable bonds is 1. The minimum absolute atomic E-state index is 0.0159. The summed E-state index contributed by atoms with van der Waals surface area (Å²) in [5.74, 6) is 0. The van der Waals surface area contributed by atoms with E-state index in [0.717, 1.165) is 22.3 Å². The number of hydrogen-bond donors (Lipinski definition) is 1. The van der Waals surface area contributed by atoms with Crippen LogP contribution in [0.25, 0.3) is 0 Å². The molecule has 0 saturated heterocycles. The van der Waals surface area contributed by atoms with Crippen molar-refractivity contribution in [3.63, 3.8) is 0 Å². The highest BCUT2D eigenvalue weighted by Gasteiger charge is 2.33. The largest absolute Gasteiger partial charge is 0.348 e. The molecule has 0 spiro atoms. The number of halogens is 1. The SMILES string of the molecule is CC(C)(C)NC(=O)N1CCn2cccc2[C@@H]1c1ccc(Br)cc1. The van der Waals surface area contributed by atoms with Crippen molar-refractivity contribution in [1.29, 1.82) is 0 Å². The Bertz CT molecular complexity index is 700. The van der Waals surface area contributed by atoms with Crippen LogP contribution in [0.1, 0.15) is 38.1 Å². The number of nitrogens with zero attached hydrogens (tertiary/aromatic N) is 2. The Morgan fingerprint density at radius 3 is 2.52 bits per heavy atom. The minimum Gasteiger partial charge on any atom is -0.348 e. The predicted molar refractivity (Wildman–Crippen MR) is 95.4 cm³/mol. The topological polar surface area (TPSA) is 37.3 Å². The Kier molecular flexibility index (Phi) is 4.23. The van der Waals surface area contributed by atoms with E-state index in [4.69, 9.17) is 0 Å². The Hall–Kier alpha value is -1.75. The number of nitrogens with one attached hydrogen (secondary N) is 1. The molecule has 0 aliphatic carbocycles. The highest BCUT2D eigenvalue weighted by atomic mass is 79.9. The Morgan fingerprint density at radius 1 is 1.17 bits per heavy atom. The monoisotopic (exact) mass is 375 g/mol. The van der Waals surface area contributed by atoms with Gasteiger partial charge >= 0.3 is 6.03 Å². The van der Waals surface area contributed by atoms with Crippen molar-refractivity contribution in [3.8, 4) is 0 Å². The summed E-state index contributed by atoms with van der Waals surface area (Å²) in [6, 6.07) is 12.3.